The van der Waals surface area contributed by atoms with Gasteiger partial charge in [0.2, 0.25) is 0 Å². The Morgan fingerprint density at radius 1 is 0.950 bits per heavy atom. The van der Waals surface area contributed by atoms with Gasteiger partial charge >= 0.3 is 0 Å². The normalized spacial score (nSPS) is 10.5. The third-order valence-electron chi connectivity index (χ3n) is 3.51. The van der Waals surface area contributed by atoms with E-state index in [-0.39, 0.29) is 5.78 Å². The van der Waals surface area contributed by atoms with Crippen LogP contribution in [0.5, 0.6) is 0 Å². The lowest BCUT2D eigenvalue weighted by atomic mass is 9.99. The maximum Gasteiger partial charge on any atom is 0.163 e. The van der Waals surface area contributed by atoms with Gasteiger partial charge in [-0.3, -0.25) is 4.79 Å². The summed E-state index contributed by atoms with van der Waals surface area (Å²) in [6.07, 6.45) is 3.55. The van der Waals surface area contributed by atoms with E-state index in [0.29, 0.717) is 6.42 Å². The molecule has 20 heavy (non-hydrogen) atoms. The molecule has 0 saturated heterocycles. The number of Topliss-reactive ketones (excluding diaryl/α,β-unsaturated/α-hetero) is 1. The van der Waals surface area contributed by atoms with Crippen LogP contribution in [0.2, 0.25) is 0 Å². The fourth-order valence-electron chi connectivity index (χ4n) is 2.46. The lowest BCUT2D eigenvalue weighted by Crippen LogP contribution is -2.02. The van der Waals surface area contributed by atoms with Crippen LogP contribution in [0.15, 0.2) is 48.5 Å². The van der Waals surface area contributed by atoms with Crippen molar-refractivity contribution in [2.24, 2.45) is 0 Å². The average molecular weight is 266 g/mol. The molecule has 2 aromatic carbocycles. The largest absolute Gasteiger partial charge is 0.294 e. The third-order valence-corrected chi connectivity index (χ3v) is 3.51. The molecule has 0 bridgehead atoms. The summed E-state index contributed by atoms with van der Waals surface area (Å²) in [5.74, 6) is 0.240. The average Bonchev–Trinajstić information content (AvgIpc) is 2.45. The standard InChI is InChI=1S/C19H22O/c1-3-6-16-9-5-10-18(14-16)19(20)12-11-17-8-4-7-15(2)13-17/h4-5,7-10,13-14H,3,6,11-12H2,1-2H3. The van der Waals surface area contributed by atoms with E-state index in [9.17, 15) is 4.79 Å². The van der Waals surface area contributed by atoms with E-state index >= 15 is 0 Å². The zero-order chi connectivity index (χ0) is 14.4. The highest BCUT2D eigenvalue weighted by atomic mass is 16.1. The van der Waals surface area contributed by atoms with Crippen molar-refractivity contribution in [1.29, 1.82) is 0 Å². The summed E-state index contributed by atoms with van der Waals surface area (Å²) in [6, 6.07) is 16.4. The van der Waals surface area contributed by atoms with Crippen LogP contribution in [-0.2, 0) is 12.8 Å². The Kier molecular flexibility index (Phi) is 5.11. The monoisotopic (exact) mass is 266 g/mol. The maximum absolute atomic E-state index is 12.3. The molecule has 0 aliphatic carbocycles. The van der Waals surface area contributed by atoms with Crippen molar-refractivity contribution in [1.82, 2.24) is 0 Å². The molecule has 0 N–H and O–H groups in total. The minimum Gasteiger partial charge on any atom is -0.294 e. The van der Waals surface area contributed by atoms with Crippen molar-refractivity contribution >= 4 is 5.78 Å². The summed E-state index contributed by atoms with van der Waals surface area (Å²) >= 11 is 0. The number of aryl methyl sites for hydroxylation is 3. The Morgan fingerprint density at radius 2 is 1.65 bits per heavy atom. The first-order valence-electron chi connectivity index (χ1n) is 7.36. The minimum atomic E-state index is 0.240. The molecule has 1 heteroatoms. The molecule has 0 unspecified atom stereocenters. The smallest absolute Gasteiger partial charge is 0.163 e. The molecule has 0 spiro atoms. The van der Waals surface area contributed by atoms with Crippen molar-refractivity contribution in [3.8, 4) is 0 Å². The molecule has 104 valence electrons. The highest BCUT2D eigenvalue weighted by Gasteiger charge is 2.07. The number of benzene rings is 2. The van der Waals surface area contributed by atoms with Crippen LogP contribution in [0.1, 0.15) is 46.8 Å². The number of hydrogen-bond acceptors (Lipinski definition) is 1. The van der Waals surface area contributed by atoms with Gasteiger partial charge in [0.1, 0.15) is 0 Å². The summed E-state index contributed by atoms with van der Waals surface area (Å²) in [5.41, 5.74) is 4.60. The van der Waals surface area contributed by atoms with Gasteiger partial charge in [-0.25, -0.2) is 0 Å². The second-order valence-electron chi connectivity index (χ2n) is 5.36. The zero-order valence-corrected chi connectivity index (χ0v) is 12.4. The van der Waals surface area contributed by atoms with Gasteiger partial charge in [-0.2, -0.15) is 0 Å². The lowest BCUT2D eigenvalue weighted by Gasteiger charge is -2.05. The summed E-state index contributed by atoms with van der Waals surface area (Å²) < 4.78 is 0. The number of carbonyl (C=O) groups excluding carboxylic acids is 1. The van der Waals surface area contributed by atoms with Crippen LogP contribution in [0.25, 0.3) is 0 Å². The van der Waals surface area contributed by atoms with E-state index in [1.54, 1.807) is 0 Å². The van der Waals surface area contributed by atoms with Gasteiger partial charge in [0.15, 0.2) is 5.78 Å². The van der Waals surface area contributed by atoms with E-state index in [0.717, 1.165) is 24.8 Å². The molecular formula is C19H22O. The van der Waals surface area contributed by atoms with E-state index in [1.807, 2.05) is 18.2 Å². The predicted molar refractivity (Wildman–Crippen MR) is 84.3 cm³/mol. The summed E-state index contributed by atoms with van der Waals surface area (Å²) in [6.45, 7) is 4.24. The molecule has 0 saturated carbocycles. The van der Waals surface area contributed by atoms with Gasteiger partial charge in [-0.15, -0.1) is 0 Å². The second kappa shape index (κ2) is 7.04. The third kappa shape index (κ3) is 4.06. The zero-order valence-electron chi connectivity index (χ0n) is 12.4. The Bertz CT molecular complexity index is 584. The van der Waals surface area contributed by atoms with Crippen LogP contribution in [-0.4, -0.2) is 5.78 Å². The highest BCUT2D eigenvalue weighted by molar-refractivity contribution is 5.96. The molecule has 1 nitrogen and oxygen atoms in total. The molecule has 0 fully saturated rings. The SMILES string of the molecule is CCCc1cccc(C(=O)CCc2cccc(C)c2)c1. The van der Waals surface area contributed by atoms with Gasteiger partial charge in [0, 0.05) is 12.0 Å². The maximum atomic E-state index is 12.3. The highest BCUT2D eigenvalue weighted by Crippen LogP contribution is 2.13. The Labute approximate surface area is 121 Å². The number of carbonyl (C=O) groups is 1. The van der Waals surface area contributed by atoms with Crippen LogP contribution in [0, 0.1) is 6.92 Å². The fraction of sp³-hybridized carbons (Fsp3) is 0.316. The molecule has 2 rings (SSSR count). The molecule has 0 aliphatic heterocycles. The van der Waals surface area contributed by atoms with Crippen LogP contribution < -0.4 is 0 Å². The molecule has 0 radical (unpaired) electrons. The second-order valence-corrected chi connectivity index (χ2v) is 5.36. The summed E-state index contributed by atoms with van der Waals surface area (Å²) in [7, 11) is 0. The quantitative estimate of drug-likeness (QED) is 0.689. The first kappa shape index (κ1) is 14.5. The van der Waals surface area contributed by atoms with Gasteiger partial charge < -0.3 is 0 Å². The summed E-state index contributed by atoms with van der Waals surface area (Å²) in [5, 5.41) is 0. The van der Waals surface area contributed by atoms with E-state index in [4.69, 9.17) is 0 Å². The van der Waals surface area contributed by atoms with Gasteiger partial charge in [0.05, 0.1) is 0 Å². The van der Waals surface area contributed by atoms with Crippen LogP contribution in [0.3, 0.4) is 0 Å². The van der Waals surface area contributed by atoms with Crippen LogP contribution >= 0.6 is 0 Å². The van der Waals surface area contributed by atoms with Crippen molar-refractivity contribution < 1.29 is 4.79 Å². The van der Waals surface area contributed by atoms with Crippen LogP contribution in [0.4, 0.5) is 0 Å². The van der Waals surface area contributed by atoms with Crippen molar-refractivity contribution in [2.45, 2.75) is 39.5 Å². The number of ketones is 1. The van der Waals surface area contributed by atoms with E-state index in [1.165, 1.54) is 16.7 Å². The van der Waals surface area contributed by atoms with Gasteiger partial charge in [0.25, 0.3) is 0 Å². The van der Waals surface area contributed by atoms with Gasteiger partial charge in [-0.1, -0.05) is 61.4 Å². The molecular weight excluding hydrogens is 244 g/mol. The minimum absolute atomic E-state index is 0.240. The van der Waals surface area contributed by atoms with E-state index < -0.39 is 0 Å². The first-order valence-corrected chi connectivity index (χ1v) is 7.36. The lowest BCUT2D eigenvalue weighted by molar-refractivity contribution is 0.0982. The van der Waals surface area contributed by atoms with Crippen molar-refractivity contribution in [3.63, 3.8) is 0 Å². The molecule has 0 aliphatic rings. The molecule has 0 aromatic heterocycles. The molecule has 0 heterocycles. The van der Waals surface area contributed by atoms with Gasteiger partial charge in [-0.05, 0) is 37.0 Å². The molecule has 2 aromatic rings. The number of hydrogen-bond donors (Lipinski definition) is 0. The predicted octanol–water partition coefficient (Wildman–Crippen LogP) is 4.76. The Morgan fingerprint density at radius 3 is 2.35 bits per heavy atom. The fourth-order valence-corrected chi connectivity index (χ4v) is 2.46. The van der Waals surface area contributed by atoms with Crippen molar-refractivity contribution in [3.05, 3.63) is 70.8 Å². The molecule has 0 amide bonds. The topological polar surface area (TPSA) is 17.1 Å². The Hall–Kier alpha value is -1.89. The van der Waals surface area contributed by atoms with E-state index in [2.05, 4.69) is 44.2 Å². The summed E-state index contributed by atoms with van der Waals surface area (Å²) in [4.78, 5) is 12.3. The number of rotatable bonds is 6. The van der Waals surface area contributed by atoms with Crippen molar-refractivity contribution in [2.75, 3.05) is 0 Å². The Balaban J connectivity index is 1.99. The molecule has 0 atom stereocenters. The first-order chi connectivity index (χ1) is 9.69.